The highest BCUT2D eigenvalue weighted by Gasteiger charge is 2.29. The minimum Gasteiger partial charge on any atom is -0.494 e. The van der Waals surface area contributed by atoms with Gasteiger partial charge in [-0.05, 0) is 76.2 Å². The lowest BCUT2D eigenvalue weighted by Gasteiger charge is -2.32. The molecule has 1 aromatic heterocycles. The van der Waals surface area contributed by atoms with Crippen molar-refractivity contribution < 1.29 is 13.2 Å². The normalized spacial score (nSPS) is 16.1. The Kier molecular flexibility index (Phi) is 6.79. The number of hydrogen-bond donors (Lipinski definition) is 0. The van der Waals surface area contributed by atoms with Crippen LogP contribution in [-0.4, -0.2) is 62.0 Å². The van der Waals surface area contributed by atoms with Crippen molar-refractivity contribution in [1.82, 2.24) is 13.8 Å². The number of piperazine rings is 1. The number of nitrogens with zero attached hydrogens (tertiary/aromatic N) is 3. The van der Waals surface area contributed by atoms with Crippen LogP contribution in [0.4, 0.5) is 0 Å². The predicted octanol–water partition coefficient (Wildman–Crippen LogP) is 4.55. The number of benzene rings is 2. The molecule has 1 aliphatic rings. The molecule has 0 radical (unpaired) electrons. The minimum atomic E-state index is -3.83. The summed E-state index contributed by atoms with van der Waals surface area (Å²) in [5, 5.41) is 0.825. The second-order valence-corrected chi connectivity index (χ2v) is 11.1. The highest BCUT2D eigenvalue weighted by Crippen LogP contribution is 2.38. The van der Waals surface area contributed by atoms with Crippen LogP contribution in [0.2, 0.25) is 0 Å². The van der Waals surface area contributed by atoms with Crippen LogP contribution >= 0.6 is 31.9 Å². The van der Waals surface area contributed by atoms with Gasteiger partial charge in [-0.15, -0.1) is 0 Å². The summed E-state index contributed by atoms with van der Waals surface area (Å²) in [5.41, 5.74) is 1.36. The van der Waals surface area contributed by atoms with E-state index in [1.54, 1.807) is 18.2 Å². The van der Waals surface area contributed by atoms with Crippen LogP contribution in [0.15, 0.2) is 56.3 Å². The Morgan fingerprint density at radius 3 is 2.42 bits per heavy atom. The van der Waals surface area contributed by atoms with Crippen LogP contribution < -0.4 is 4.74 Å². The quantitative estimate of drug-likeness (QED) is 0.435. The van der Waals surface area contributed by atoms with E-state index in [0.717, 1.165) is 47.5 Å². The van der Waals surface area contributed by atoms with Crippen molar-refractivity contribution in [2.45, 2.75) is 18.4 Å². The second kappa shape index (κ2) is 9.23. The fourth-order valence-electron chi connectivity index (χ4n) is 3.89. The zero-order valence-electron chi connectivity index (χ0n) is 17.5. The first-order valence-corrected chi connectivity index (χ1v) is 13.2. The van der Waals surface area contributed by atoms with Crippen LogP contribution in [0.5, 0.6) is 5.75 Å². The Labute approximate surface area is 200 Å². The van der Waals surface area contributed by atoms with Gasteiger partial charge in [-0.25, -0.2) is 12.4 Å². The van der Waals surface area contributed by atoms with E-state index in [9.17, 15) is 8.42 Å². The van der Waals surface area contributed by atoms with Crippen molar-refractivity contribution in [1.29, 1.82) is 0 Å². The van der Waals surface area contributed by atoms with Crippen molar-refractivity contribution in [3.05, 3.63) is 57.1 Å². The smallest absolute Gasteiger partial charge is 0.269 e. The monoisotopic (exact) mass is 569 g/mol. The van der Waals surface area contributed by atoms with Gasteiger partial charge in [0.15, 0.2) is 0 Å². The highest BCUT2D eigenvalue weighted by atomic mass is 79.9. The van der Waals surface area contributed by atoms with Crippen LogP contribution in [0.1, 0.15) is 12.6 Å². The van der Waals surface area contributed by atoms with Crippen molar-refractivity contribution in [3.8, 4) is 5.75 Å². The molecule has 0 saturated carbocycles. The summed E-state index contributed by atoms with van der Waals surface area (Å²) in [5.74, 6) is 0.720. The van der Waals surface area contributed by atoms with Gasteiger partial charge < -0.3 is 9.64 Å². The first-order chi connectivity index (χ1) is 14.8. The summed E-state index contributed by atoms with van der Waals surface area (Å²) in [6, 6.07) is 12.5. The Morgan fingerprint density at radius 2 is 1.74 bits per heavy atom. The molecule has 9 heteroatoms. The van der Waals surface area contributed by atoms with Gasteiger partial charge in [0.2, 0.25) is 0 Å². The standard InChI is InChI=1S/C22H25Br2N3O3S/c1-3-30-16-8-9-19-17(14-16)22(24)20(15-26-12-10-25(2)11-13-26)27(19)31(28,29)21-7-5-4-6-18(21)23/h4-9,14H,3,10-13,15H2,1-2H3. The molecule has 1 saturated heterocycles. The Balaban J connectivity index is 1.90. The number of hydrogen-bond acceptors (Lipinski definition) is 5. The number of halogens is 2. The summed E-state index contributed by atoms with van der Waals surface area (Å²) in [6.45, 7) is 6.73. The lowest BCUT2D eigenvalue weighted by Crippen LogP contribution is -2.44. The van der Waals surface area contributed by atoms with Gasteiger partial charge in [-0.2, -0.15) is 0 Å². The fourth-order valence-corrected chi connectivity index (χ4v) is 7.15. The number of likely N-dealkylation sites (N-methyl/N-ethyl adjacent to an activating group) is 1. The molecular formula is C22H25Br2N3O3S. The summed E-state index contributed by atoms with van der Waals surface area (Å²) in [7, 11) is -1.72. The van der Waals surface area contributed by atoms with Crippen molar-refractivity contribution >= 4 is 52.8 Å². The molecule has 3 aromatic rings. The van der Waals surface area contributed by atoms with E-state index < -0.39 is 10.0 Å². The van der Waals surface area contributed by atoms with E-state index >= 15 is 0 Å². The number of aromatic nitrogens is 1. The largest absolute Gasteiger partial charge is 0.494 e. The SMILES string of the molecule is CCOc1ccc2c(c1)c(Br)c(CN1CCN(C)CC1)n2S(=O)(=O)c1ccccc1Br. The van der Waals surface area contributed by atoms with Gasteiger partial charge >= 0.3 is 0 Å². The number of fused-ring (bicyclic) bond motifs is 1. The van der Waals surface area contributed by atoms with Crippen LogP contribution in [-0.2, 0) is 16.6 Å². The maximum atomic E-state index is 13.9. The van der Waals surface area contributed by atoms with Crippen molar-refractivity contribution in [2.75, 3.05) is 39.8 Å². The van der Waals surface area contributed by atoms with Crippen LogP contribution in [0.25, 0.3) is 10.9 Å². The average molecular weight is 571 g/mol. The molecule has 0 bridgehead atoms. The van der Waals surface area contributed by atoms with Gasteiger partial charge in [0.05, 0.1) is 17.8 Å². The van der Waals surface area contributed by atoms with Gasteiger partial charge in [-0.3, -0.25) is 4.90 Å². The third-order valence-electron chi connectivity index (χ3n) is 5.56. The first-order valence-electron chi connectivity index (χ1n) is 10.2. The minimum absolute atomic E-state index is 0.243. The van der Waals surface area contributed by atoms with E-state index in [1.807, 2.05) is 31.2 Å². The van der Waals surface area contributed by atoms with Gasteiger partial charge in [0, 0.05) is 47.1 Å². The van der Waals surface area contributed by atoms with E-state index in [1.165, 1.54) is 3.97 Å². The highest BCUT2D eigenvalue weighted by molar-refractivity contribution is 9.11. The Bertz CT molecular complexity index is 1200. The maximum Gasteiger partial charge on any atom is 0.269 e. The lowest BCUT2D eigenvalue weighted by molar-refractivity contribution is 0.146. The molecule has 2 heterocycles. The Hall–Kier alpha value is -1.39. The Morgan fingerprint density at radius 1 is 1.03 bits per heavy atom. The topological polar surface area (TPSA) is 54.8 Å². The van der Waals surface area contributed by atoms with Gasteiger partial charge in [0.1, 0.15) is 10.6 Å². The molecule has 0 aliphatic carbocycles. The number of ether oxygens (including phenoxy) is 1. The second-order valence-electron chi connectivity index (χ2n) is 7.65. The molecule has 1 aliphatic heterocycles. The van der Waals surface area contributed by atoms with Crippen molar-refractivity contribution in [2.24, 2.45) is 0 Å². The maximum absolute atomic E-state index is 13.9. The van der Waals surface area contributed by atoms with E-state index in [4.69, 9.17) is 4.74 Å². The summed E-state index contributed by atoms with van der Waals surface area (Å²) in [6.07, 6.45) is 0. The molecule has 0 atom stereocenters. The predicted molar refractivity (Wildman–Crippen MR) is 130 cm³/mol. The third kappa shape index (κ3) is 4.43. The molecule has 2 aromatic carbocycles. The molecule has 6 nitrogen and oxygen atoms in total. The van der Waals surface area contributed by atoms with Crippen molar-refractivity contribution in [3.63, 3.8) is 0 Å². The van der Waals surface area contributed by atoms with E-state index in [2.05, 4.69) is 48.7 Å². The average Bonchev–Trinajstić information content (AvgIpc) is 3.02. The summed E-state index contributed by atoms with van der Waals surface area (Å²) >= 11 is 7.14. The zero-order chi connectivity index (χ0) is 22.2. The van der Waals surface area contributed by atoms with E-state index in [-0.39, 0.29) is 4.90 Å². The summed E-state index contributed by atoms with van der Waals surface area (Å²) < 4.78 is 36.2. The molecule has 1 fully saturated rings. The molecule has 0 N–H and O–H groups in total. The van der Waals surface area contributed by atoms with Gasteiger partial charge in [-0.1, -0.05) is 12.1 Å². The first kappa shape index (κ1) is 22.8. The number of rotatable bonds is 6. The molecule has 0 amide bonds. The molecule has 31 heavy (non-hydrogen) atoms. The molecule has 0 unspecified atom stereocenters. The fraction of sp³-hybridized carbons (Fsp3) is 0.364. The van der Waals surface area contributed by atoms with Crippen LogP contribution in [0, 0.1) is 0 Å². The third-order valence-corrected chi connectivity index (χ3v) is 9.21. The summed E-state index contributed by atoms with van der Waals surface area (Å²) in [4.78, 5) is 4.83. The zero-order valence-corrected chi connectivity index (χ0v) is 21.5. The van der Waals surface area contributed by atoms with E-state index in [0.29, 0.717) is 23.1 Å². The van der Waals surface area contributed by atoms with Gasteiger partial charge in [0.25, 0.3) is 10.0 Å². The lowest BCUT2D eigenvalue weighted by atomic mass is 10.2. The van der Waals surface area contributed by atoms with Crippen LogP contribution in [0.3, 0.4) is 0 Å². The molecule has 166 valence electrons. The molecule has 0 spiro atoms. The molecule has 4 rings (SSSR count). The molecular weight excluding hydrogens is 546 g/mol.